The summed E-state index contributed by atoms with van der Waals surface area (Å²) in [5.41, 5.74) is 0.595. The molecule has 0 fully saturated rings. The minimum absolute atomic E-state index is 0.0231. The van der Waals surface area contributed by atoms with E-state index in [1.165, 1.54) is 31.2 Å². The Morgan fingerprint density at radius 1 is 0.900 bits per heavy atom. The van der Waals surface area contributed by atoms with Gasteiger partial charge in [-0.15, -0.1) is 0 Å². The van der Waals surface area contributed by atoms with Gasteiger partial charge in [-0.1, -0.05) is 0 Å². The molecule has 5 heteroatoms. The fourth-order valence-electron chi connectivity index (χ4n) is 1.58. The molecule has 0 saturated carbocycles. The molecule has 0 saturated heterocycles. The first-order chi connectivity index (χ1) is 9.54. The second-order valence-electron chi connectivity index (χ2n) is 4.03. The molecule has 3 nitrogen and oxygen atoms in total. The van der Waals surface area contributed by atoms with Crippen LogP contribution >= 0.6 is 0 Å². The SMILES string of the molecule is CC(=O)c1ccc(Oc2ccc(OC(F)F)cc2)cc1. The molecule has 0 radical (unpaired) electrons. The van der Waals surface area contributed by atoms with Crippen LogP contribution in [-0.2, 0) is 0 Å². The summed E-state index contributed by atoms with van der Waals surface area (Å²) in [5.74, 6) is 1.09. The molecule has 0 bridgehead atoms. The quantitative estimate of drug-likeness (QED) is 0.766. The van der Waals surface area contributed by atoms with E-state index in [-0.39, 0.29) is 11.5 Å². The summed E-state index contributed by atoms with van der Waals surface area (Å²) in [5, 5.41) is 0. The fraction of sp³-hybridized carbons (Fsp3) is 0.133. The number of rotatable bonds is 5. The molecule has 0 amide bonds. The van der Waals surface area contributed by atoms with Crippen LogP contribution in [0.3, 0.4) is 0 Å². The minimum atomic E-state index is -2.85. The van der Waals surface area contributed by atoms with Gasteiger partial charge in [-0.2, -0.15) is 8.78 Å². The maximum atomic E-state index is 12.0. The molecule has 2 rings (SSSR count). The van der Waals surface area contributed by atoms with Gasteiger partial charge in [-0.3, -0.25) is 4.79 Å². The Balaban J connectivity index is 2.04. The Labute approximate surface area is 114 Å². The molecule has 0 unspecified atom stereocenters. The van der Waals surface area contributed by atoms with Gasteiger partial charge in [-0.05, 0) is 55.5 Å². The molecular weight excluding hydrogens is 266 g/mol. The second kappa shape index (κ2) is 6.14. The van der Waals surface area contributed by atoms with Gasteiger partial charge in [0.1, 0.15) is 17.2 Å². The minimum Gasteiger partial charge on any atom is -0.457 e. The van der Waals surface area contributed by atoms with E-state index in [4.69, 9.17) is 4.74 Å². The number of hydrogen-bond donors (Lipinski definition) is 0. The van der Waals surface area contributed by atoms with E-state index in [9.17, 15) is 13.6 Å². The van der Waals surface area contributed by atoms with Crippen molar-refractivity contribution in [3.63, 3.8) is 0 Å². The lowest BCUT2D eigenvalue weighted by Gasteiger charge is -2.08. The van der Waals surface area contributed by atoms with Crippen molar-refractivity contribution in [2.24, 2.45) is 0 Å². The van der Waals surface area contributed by atoms with Crippen molar-refractivity contribution in [1.29, 1.82) is 0 Å². The summed E-state index contributed by atoms with van der Waals surface area (Å²) in [6.45, 7) is -1.36. The number of benzene rings is 2. The van der Waals surface area contributed by atoms with E-state index >= 15 is 0 Å². The van der Waals surface area contributed by atoms with Crippen LogP contribution in [0.25, 0.3) is 0 Å². The Morgan fingerprint density at radius 3 is 1.80 bits per heavy atom. The average Bonchev–Trinajstić information content (AvgIpc) is 2.41. The zero-order chi connectivity index (χ0) is 14.5. The zero-order valence-electron chi connectivity index (χ0n) is 10.7. The average molecular weight is 278 g/mol. The molecule has 2 aromatic carbocycles. The Morgan fingerprint density at radius 2 is 1.35 bits per heavy atom. The number of carbonyl (C=O) groups is 1. The van der Waals surface area contributed by atoms with Crippen LogP contribution < -0.4 is 9.47 Å². The molecule has 20 heavy (non-hydrogen) atoms. The van der Waals surface area contributed by atoms with E-state index < -0.39 is 6.61 Å². The van der Waals surface area contributed by atoms with Crippen molar-refractivity contribution in [3.05, 3.63) is 54.1 Å². The number of Topliss-reactive ketones (excluding diaryl/α,β-unsaturated/α-hetero) is 1. The summed E-state index contributed by atoms with van der Waals surface area (Å²) in [6, 6.07) is 12.5. The molecule has 0 aromatic heterocycles. The summed E-state index contributed by atoms with van der Waals surface area (Å²) in [7, 11) is 0. The number of hydrogen-bond acceptors (Lipinski definition) is 3. The summed E-state index contributed by atoms with van der Waals surface area (Å²) in [4.78, 5) is 11.1. The first-order valence-electron chi connectivity index (χ1n) is 5.88. The third-order valence-corrected chi connectivity index (χ3v) is 2.55. The van der Waals surface area contributed by atoms with Crippen molar-refractivity contribution in [2.45, 2.75) is 13.5 Å². The molecular formula is C15H12F2O3. The third-order valence-electron chi connectivity index (χ3n) is 2.55. The third kappa shape index (κ3) is 3.78. The smallest absolute Gasteiger partial charge is 0.387 e. The molecule has 0 atom stereocenters. The summed E-state index contributed by atoms with van der Waals surface area (Å²) in [6.07, 6.45) is 0. The van der Waals surface area contributed by atoms with Gasteiger partial charge < -0.3 is 9.47 Å². The van der Waals surface area contributed by atoms with E-state index in [1.54, 1.807) is 24.3 Å². The van der Waals surface area contributed by atoms with Crippen molar-refractivity contribution >= 4 is 5.78 Å². The summed E-state index contributed by atoms with van der Waals surface area (Å²) >= 11 is 0. The Kier molecular flexibility index (Phi) is 4.30. The number of ether oxygens (including phenoxy) is 2. The van der Waals surface area contributed by atoms with Crippen molar-refractivity contribution in [1.82, 2.24) is 0 Å². The fourth-order valence-corrected chi connectivity index (χ4v) is 1.58. The lowest BCUT2D eigenvalue weighted by Crippen LogP contribution is -2.01. The maximum Gasteiger partial charge on any atom is 0.387 e. The molecule has 0 aliphatic rings. The largest absolute Gasteiger partial charge is 0.457 e. The lowest BCUT2D eigenvalue weighted by molar-refractivity contribution is -0.0498. The van der Waals surface area contributed by atoms with Crippen LogP contribution in [0.4, 0.5) is 8.78 Å². The van der Waals surface area contributed by atoms with E-state index in [1.807, 2.05) is 0 Å². The van der Waals surface area contributed by atoms with Crippen LogP contribution in [0, 0.1) is 0 Å². The molecule has 2 aromatic rings. The molecule has 0 aliphatic heterocycles. The van der Waals surface area contributed by atoms with Gasteiger partial charge in [0.2, 0.25) is 0 Å². The normalized spacial score (nSPS) is 10.4. The lowest BCUT2D eigenvalue weighted by atomic mass is 10.1. The molecule has 0 aliphatic carbocycles. The number of carbonyl (C=O) groups excluding carboxylic acids is 1. The van der Waals surface area contributed by atoms with Crippen LogP contribution in [-0.4, -0.2) is 12.4 Å². The molecule has 0 heterocycles. The van der Waals surface area contributed by atoms with E-state index in [2.05, 4.69) is 4.74 Å². The van der Waals surface area contributed by atoms with Crippen LogP contribution in [0.15, 0.2) is 48.5 Å². The first kappa shape index (κ1) is 14.0. The Hall–Kier alpha value is -2.43. The highest BCUT2D eigenvalue weighted by Gasteiger charge is 2.05. The zero-order valence-corrected chi connectivity index (χ0v) is 10.7. The Bertz CT molecular complexity index is 577. The van der Waals surface area contributed by atoms with Crippen molar-refractivity contribution in [2.75, 3.05) is 0 Å². The van der Waals surface area contributed by atoms with E-state index in [0.29, 0.717) is 17.1 Å². The van der Waals surface area contributed by atoms with Crippen LogP contribution in [0.2, 0.25) is 0 Å². The van der Waals surface area contributed by atoms with Gasteiger partial charge in [-0.25, -0.2) is 0 Å². The van der Waals surface area contributed by atoms with Gasteiger partial charge in [0.25, 0.3) is 0 Å². The maximum absolute atomic E-state index is 12.0. The molecule has 104 valence electrons. The first-order valence-corrected chi connectivity index (χ1v) is 5.88. The standard InChI is InChI=1S/C15H12F2O3/c1-10(18)11-2-4-12(5-3-11)19-13-6-8-14(9-7-13)20-15(16)17/h2-9,15H,1H3. The van der Waals surface area contributed by atoms with Gasteiger partial charge in [0.15, 0.2) is 5.78 Å². The van der Waals surface area contributed by atoms with Crippen LogP contribution in [0.1, 0.15) is 17.3 Å². The highest BCUT2D eigenvalue weighted by atomic mass is 19.3. The number of ketones is 1. The molecule has 0 N–H and O–H groups in total. The second-order valence-corrected chi connectivity index (χ2v) is 4.03. The predicted octanol–water partition coefficient (Wildman–Crippen LogP) is 4.28. The van der Waals surface area contributed by atoms with Crippen LogP contribution in [0.5, 0.6) is 17.2 Å². The topological polar surface area (TPSA) is 35.5 Å². The van der Waals surface area contributed by atoms with Gasteiger partial charge in [0.05, 0.1) is 0 Å². The van der Waals surface area contributed by atoms with Gasteiger partial charge in [0, 0.05) is 5.56 Å². The number of halogens is 2. The molecule has 0 spiro atoms. The van der Waals surface area contributed by atoms with Gasteiger partial charge >= 0.3 is 6.61 Å². The van der Waals surface area contributed by atoms with E-state index in [0.717, 1.165) is 0 Å². The predicted molar refractivity (Wildman–Crippen MR) is 69.6 cm³/mol. The summed E-state index contributed by atoms with van der Waals surface area (Å²) < 4.78 is 33.7. The highest BCUT2D eigenvalue weighted by molar-refractivity contribution is 5.94. The monoisotopic (exact) mass is 278 g/mol. The van der Waals surface area contributed by atoms with Crippen molar-refractivity contribution in [3.8, 4) is 17.2 Å². The van der Waals surface area contributed by atoms with Crippen molar-refractivity contribution < 1.29 is 23.0 Å². The highest BCUT2D eigenvalue weighted by Crippen LogP contribution is 2.24. The number of alkyl halides is 2.